The van der Waals surface area contributed by atoms with Gasteiger partial charge in [0.15, 0.2) is 0 Å². The molecule has 0 atom stereocenters. The van der Waals surface area contributed by atoms with E-state index in [2.05, 4.69) is 8.92 Å². The highest BCUT2D eigenvalue weighted by Gasteiger charge is 2.50. The summed E-state index contributed by atoms with van der Waals surface area (Å²) in [6.07, 6.45) is 0. The molecule has 0 saturated carbocycles. The summed E-state index contributed by atoms with van der Waals surface area (Å²) in [4.78, 5) is 21.0. The zero-order chi connectivity index (χ0) is 17.3. The minimum absolute atomic E-state index is 0.413. The zero-order valence-electron chi connectivity index (χ0n) is 10.4. The topological polar surface area (TPSA) is 113 Å². The average Bonchev–Trinajstić information content (AvgIpc) is 2.37. The molecule has 1 rings (SSSR count). The van der Waals surface area contributed by atoms with Crippen molar-refractivity contribution in [3.05, 3.63) is 32.8 Å². The van der Waals surface area contributed by atoms with Crippen LogP contribution >= 0.6 is 11.6 Å². The van der Waals surface area contributed by atoms with Gasteiger partial charge in [0.25, 0.3) is 0 Å². The number of benzene rings is 1. The number of carbonyl (C=O) groups excluding carboxylic acids is 1. The van der Waals surface area contributed by atoms with Crippen LogP contribution < -0.4 is 4.18 Å². The number of nitro benzene ring substituents is 1. The highest BCUT2D eigenvalue weighted by molar-refractivity contribution is 7.88. The van der Waals surface area contributed by atoms with Crippen LogP contribution in [0.1, 0.15) is 10.4 Å². The molecule has 0 fully saturated rings. The summed E-state index contributed by atoms with van der Waals surface area (Å²) < 4.78 is 66.8. The van der Waals surface area contributed by atoms with E-state index in [0.717, 1.165) is 7.11 Å². The van der Waals surface area contributed by atoms with E-state index < -0.39 is 48.5 Å². The maximum absolute atomic E-state index is 12.3. The van der Waals surface area contributed by atoms with Gasteiger partial charge in [0.1, 0.15) is 5.56 Å². The molecule has 0 aliphatic rings. The molecule has 0 amide bonds. The van der Waals surface area contributed by atoms with Crippen molar-refractivity contribution in [2.24, 2.45) is 0 Å². The van der Waals surface area contributed by atoms with Gasteiger partial charge in [-0.25, -0.2) is 4.79 Å². The number of nitro groups is 1. The van der Waals surface area contributed by atoms with Crippen molar-refractivity contribution in [3.63, 3.8) is 0 Å². The summed E-state index contributed by atoms with van der Waals surface area (Å²) in [5.74, 6) is -2.82. The largest absolute Gasteiger partial charge is 0.534 e. The summed E-state index contributed by atoms with van der Waals surface area (Å²) in [6, 6.07) is 1.19. The lowest BCUT2D eigenvalue weighted by atomic mass is 10.2. The molecule has 0 aliphatic carbocycles. The quantitative estimate of drug-likeness (QED) is 0.265. The second-order valence-corrected chi connectivity index (χ2v) is 5.51. The van der Waals surface area contributed by atoms with Crippen molar-refractivity contribution < 1.29 is 40.2 Å². The number of ether oxygens (including phenoxy) is 1. The first-order valence-electron chi connectivity index (χ1n) is 4.97. The lowest BCUT2D eigenvalue weighted by molar-refractivity contribution is -0.385. The molecule has 0 aromatic heterocycles. The van der Waals surface area contributed by atoms with Gasteiger partial charge in [0.05, 0.1) is 12.0 Å². The van der Waals surface area contributed by atoms with Crippen molar-refractivity contribution in [2.75, 3.05) is 7.11 Å². The van der Waals surface area contributed by atoms with Crippen LogP contribution in [0.5, 0.6) is 5.75 Å². The van der Waals surface area contributed by atoms with E-state index in [-0.39, 0.29) is 0 Å². The highest BCUT2D eigenvalue weighted by atomic mass is 35.5. The lowest BCUT2D eigenvalue weighted by Crippen LogP contribution is -2.29. The molecule has 1 aromatic carbocycles. The minimum atomic E-state index is -6.24. The van der Waals surface area contributed by atoms with Crippen LogP contribution in [0.3, 0.4) is 0 Å². The van der Waals surface area contributed by atoms with E-state index in [1.807, 2.05) is 0 Å². The van der Waals surface area contributed by atoms with Gasteiger partial charge in [0, 0.05) is 11.1 Å². The third kappa shape index (κ3) is 3.57. The Morgan fingerprint density at radius 1 is 1.36 bits per heavy atom. The van der Waals surface area contributed by atoms with E-state index in [9.17, 15) is 36.5 Å². The second-order valence-electron chi connectivity index (χ2n) is 3.53. The first-order valence-corrected chi connectivity index (χ1v) is 6.76. The fourth-order valence-corrected chi connectivity index (χ4v) is 1.92. The van der Waals surface area contributed by atoms with Gasteiger partial charge in [-0.1, -0.05) is 11.6 Å². The van der Waals surface area contributed by atoms with Gasteiger partial charge in [0.2, 0.25) is 5.75 Å². The second kappa shape index (κ2) is 5.96. The molecule has 0 N–H and O–H groups in total. The Morgan fingerprint density at radius 3 is 2.32 bits per heavy atom. The summed E-state index contributed by atoms with van der Waals surface area (Å²) in [6.45, 7) is 0. The van der Waals surface area contributed by atoms with E-state index in [1.54, 1.807) is 0 Å². The number of hydrogen-bond acceptors (Lipinski definition) is 7. The van der Waals surface area contributed by atoms with Gasteiger partial charge < -0.3 is 8.92 Å². The Kier molecular flexibility index (Phi) is 4.87. The SMILES string of the molecule is COC(=O)c1cc(Cl)cc([N+](=O)[O-])c1OS(=O)(=O)C(F)(F)F. The third-order valence-electron chi connectivity index (χ3n) is 2.11. The van der Waals surface area contributed by atoms with Crippen LogP contribution in [0.15, 0.2) is 12.1 Å². The Balaban J connectivity index is 3.63. The zero-order valence-corrected chi connectivity index (χ0v) is 12.0. The van der Waals surface area contributed by atoms with Crippen LogP contribution in [0.4, 0.5) is 18.9 Å². The van der Waals surface area contributed by atoms with Crippen molar-refractivity contribution in [1.82, 2.24) is 0 Å². The van der Waals surface area contributed by atoms with Gasteiger partial charge in [-0.2, -0.15) is 21.6 Å². The number of alkyl halides is 3. The molecule has 22 heavy (non-hydrogen) atoms. The van der Waals surface area contributed by atoms with E-state index in [4.69, 9.17) is 11.6 Å². The van der Waals surface area contributed by atoms with E-state index in [1.165, 1.54) is 0 Å². The van der Waals surface area contributed by atoms with Crippen LogP contribution in [-0.2, 0) is 14.9 Å². The predicted octanol–water partition coefficient (Wildman–Crippen LogP) is 2.26. The lowest BCUT2D eigenvalue weighted by Gasteiger charge is -2.12. The summed E-state index contributed by atoms with van der Waals surface area (Å²) in [5.41, 5.74) is -8.05. The molecular weight excluding hydrogens is 359 g/mol. The molecule has 1 aromatic rings. The molecule has 0 unspecified atom stereocenters. The Morgan fingerprint density at radius 2 is 1.91 bits per heavy atom. The summed E-state index contributed by atoms with van der Waals surface area (Å²) in [7, 11) is -5.42. The van der Waals surface area contributed by atoms with Crippen molar-refractivity contribution in [3.8, 4) is 5.75 Å². The average molecular weight is 364 g/mol. The molecule has 122 valence electrons. The number of esters is 1. The smallest absolute Gasteiger partial charge is 0.465 e. The number of carbonyl (C=O) groups is 1. The van der Waals surface area contributed by atoms with Gasteiger partial charge in [-0.05, 0) is 6.07 Å². The first-order chi connectivity index (χ1) is 9.90. The molecule has 0 radical (unpaired) electrons. The van der Waals surface area contributed by atoms with Crippen molar-refractivity contribution >= 4 is 33.4 Å². The Bertz CT molecular complexity index is 731. The standard InChI is InChI=1S/C9H5ClF3NO7S/c1-20-8(15)5-2-4(10)3-6(14(16)17)7(5)21-22(18,19)9(11,12)13/h2-3H,1H3. The number of rotatable bonds is 4. The normalized spacial score (nSPS) is 11.9. The monoisotopic (exact) mass is 363 g/mol. The fourth-order valence-electron chi connectivity index (χ4n) is 1.22. The van der Waals surface area contributed by atoms with E-state index >= 15 is 0 Å². The summed E-state index contributed by atoms with van der Waals surface area (Å²) in [5, 5.41) is 10.4. The van der Waals surface area contributed by atoms with Crippen LogP contribution in [0, 0.1) is 10.1 Å². The van der Waals surface area contributed by atoms with E-state index in [0.29, 0.717) is 12.1 Å². The predicted molar refractivity (Wildman–Crippen MR) is 65.0 cm³/mol. The van der Waals surface area contributed by atoms with Gasteiger partial charge in [-0.3, -0.25) is 10.1 Å². The molecule has 0 saturated heterocycles. The maximum atomic E-state index is 12.3. The molecule has 0 spiro atoms. The molecular formula is C9H5ClF3NO7S. The molecule has 8 nitrogen and oxygen atoms in total. The number of nitrogens with zero attached hydrogens (tertiary/aromatic N) is 1. The molecule has 13 heteroatoms. The summed E-state index contributed by atoms with van der Waals surface area (Å²) >= 11 is 5.49. The third-order valence-corrected chi connectivity index (χ3v) is 3.28. The first kappa shape index (κ1) is 18.0. The van der Waals surface area contributed by atoms with Crippen LogP contribution in [0.2, 0.25) is 5.02 Å². The van der Waals surface area contributed by atoms with Crippen LogP contribution in [-0.4, -0.2) is 31.9 Å². The van der Waals surface area contributed by atoms with Crippen molar-refractivity contribution in [1.29, 1.82) is 0 Å². The molecule has 0 bridgehead atoms. The van der Waals surface area contributed by atoms with Gasteiger partial charge in [-0.15, -0.1) is 0 Å². The minimum Gasteiger partial charge on any atom is -0.465 e. The number of halogens is 4. The highest BCUT2D eigenvalue weighted by Crippen LogP contribution is 2.38. The number of methoxy groups -OCH3 is 1. The van der Waals surface area contributed by atoms with Crippen LogP contribution in [0.25, 0.3) is 0 Å². The Hall–Kier alpha value is -2.08. The van der Waals surface area contributed by atoms with Crippen molar-refractivity contribution in [2.45, 2.75) is 5.51 Å². The molecule has 0 heterocycles. The maximum Gasteiger partial charge on any atom is 0.534 e. The fraction of sp³-hybridized carbons (Fsp3) is 0.222. The Labute approximate surface area is 125 Å². The van der Waals surface area contributed by atoms with Gasteiger partial charge >= 0.3 is 27.3 Å². The molecule has 0 aliphatic heterocycles. The number of hydrogen-bond donors (Lipinski definition) is 0.